The SMILES string of the molecule is CCOC(=O)CCc1c(C)c2ccc(OCc3ccc(Br)cc3F)c(C)c2oc1=O. The first kappa shape index (κ1) is 22.0. The fourth-order valence-electron chi connectivity index (χ4n) is 3.27. The minimum atomic E-state index is -0.483. The number of aryl methyl sites for hydroxylation is 2. The molecule has 3 aromatic rings. The molecule has 0 unspecified atom stereocenters. The zero-order valence-electron chi connectivity index (χ0n) is 17.0. The summed E-state index contributed by atoms with van der Waals surface area (Å²) in [6.45, 7) is 5.71. The molecular weight excluding hydrogens is 455 g/mol. The molecule has 0 N–H and O–H groups in total. The number of benzene rings is 2. The summed E-state index contributed by atoms with van der Waals surface area (Å²) in [6, 6.07) is 8.36. The molecule has 30 heavy (non-hydrogen) atoms. The Kier molecular flexibility index (Phi) is 6.92. The van der Waals surface area contributed by atoms with Gasteiger partial charge in [-0.3, -0.25) is 4.79 Å². The van der Waals surface area contributed by atoms with Gasteiger partial charge in [-0.1, -0.05) is 22.0 Å². The lowest BCUT2D eigenvalue weighted by Gasteiger charge is -2.13. The van der Waals surface area contributed by atoms with Gasteiger partial charge in [0.05, 0.1) is 6.61 Å². The summed E-state index contributed by atoms with van der Waals surface area (Å²) in [4.78, 5) is 24.2. The number of hydrogen-bond donors (Lipinski definition) is 0. The van der Waals surface area contributed by atoms with Crippen molar-refractivity contribution < 1.29 is 23.1 Å². The van der Waals surface area contributed by atoms with Gasteiger partial charge in [-0.05, 0) is 57.0 Å². The molecule has 0 fully saturated rings. The molecule has 0 atom stereocenters. The fraction of sp³-hybridized carbons (Fsp3) is 0.304. The van der Waals surface area contributed by atoms with E-state index in [1.807, 2.05) is 13.0 Å². The van der Waals surface area contributed by atoms with Gasteiger partial charge in [0, 0.05) is 33.0 Å². The average Bonchev–Trinajstić information content (AvgIpc) is 2.69. The molecule has 0 spiro atoms. The fourth-order valence-corrected chi connectivity index (χ4v) is 3.60. The summed E-state index contributed by atoms with van der Waals surface area (Å²) in [7, 11) is 0. The van der Waals surface area contributed by atoms with E-state index < -0.39 is 5.63 Å². The van der Waals surface area contributed by atoms with E-state index in [1.165, 1.54) is 6.07 Å². The van der Waals surface area contributed by atoms with E-state index in [1.54, 1.807) is 32.0 Å². The number of carbonyl (C=O) groups is 1. The second-order valence-corrected chi connectivity index (χ2v) is 7.80. The van der Waals surface area contributed by atoms with Gasteiger partial charge in [0.1, 0.15) is 23.8 Å². The van der Waals surface area contributed by atoms with E-state index in [2.05, 4.69) is 15.9 Å². The van der Waals surface area contributed by atoms with Crippen LogP contribution in [0.15, 0.2) is 44.0 Å². The largest absolute Gasteiger partial charge is 0.488 e. The summed E-state index contributed by atoms with van der Waals surface area (Å²) in [5.74, 6) is -0.209. The third-order valence-electron chi connectivity index (χ3n) is 4.94. The maximum atomic E-state index is 14.0. The zero-order valence-corrected chi connectivity index (χ0v) is 18.6. The van der Waals surface area contributed by atoms with E-state index >= 15 is 0 Å². The Hall–Kier alpha value is -2.67. The van der Waals surface area contributed by atoms with Gasteiger partial charge in [-0.15, -0.1) is 0 Å². The van der Waals surface area contributed by atoms with Crippen molar-refractivity contribution >= 4 is 32.9 Å². The molecule has 0 saturated carbocycles. The Balaban J connectivity index is 1.87. The van der Waals surface area contributed by atoms with Gasteiger partial charge >= 0.3 is 11.6 Å². The molecule has 0 bridgehead atoms. The van der Waals surface area contributed by atoms with Crippen molar-refractivity contribution in [2.75, 3.05) is 6.61 Å². The Morgan fingerprint density at radius 2 is 1.93 bits per heavy atom. The van der Waals surface area contributed by atoms with E-state index in [-0.39, 0.29) is 31.2 Å². The first-order chi connectivity index (χ1) is 14.3. The maximum Gasteiger partial charge on any atom is 0.339 e. The summed E-state index contributed by atoms with van der Waals surface area (Å²) >= 11 is 3.23. The quantitative estimate of drug-likeness (QED) is 0.338. The van der Waals surface area contributed by atoms with Gasteiger partial charge < -0.3 is 13.9 Å². The molecule has 1 heterocycles. The minimum Gasteiger partial charge on any atom is -0.488 e. The van der Waals surface area contributed by atoms with E-state index in [0.717, 1.165) is 10.9 Å². The minimum absolute atomic E-state index is 0.0479. The predicted molar refractivity (Wildman–Crippen MR) is 115 cm³/mol. The van der Waals surface area contributed by atoms with E-state index in [0.29, 0.717) is 39.1 Å². The van der Waals surface area contributed by atoms with Crippen molar-refractivity contribution in [1.82, 2.24) is 0 Å². The van der Waals surface area contributed by atoms with Crippen LogP contribution in [0.3, 0.4) is 0 Å². The van der Waals surface area contributed by atoms with E-state index in [4.69, 9.17) is 13.9 Å². The van der Waals surface area contributed by atoms with Crippen LogP contribution in [0, 0.1) is 19.7 Å². The highest BCUT2D eigenvalue weighted by molar-refractivity contribution is 9.10. The Morgan fingerprint density at radius 3 is 2.63 bits per heavy atom. The number of carbonyl (C=O) groups excluding carboxylic acids is 1. The normalized spacial score (nSPS) is 11.0. The topological polar surface area (TPSA) is 65.7 Å². The van der Waals surface area contributed by atoms with Crippen LogP contribution in [-0.4, -0.2) is 12.6 Å². The van der Waals surface area contributed by atoms with Crippen LogP contribution in [0.4, 0.5) is 4.39 Å². The van der Waals surface area contributed by atoms with Gasteiger partial charge in [-0.2, -0.15) is 0 Å². The Bertz CT molecular complexity index is 1150. The standard InChI is InChI=1S/C23H22BrFO5/c1-4-28-21(26)10-8-18-13(2)17-7-9-20(14(3)22(17)30-23(18)27)29-12-15-5-6-16(24)11-19(15)25/h5-7,9,11H,4,8,10,12H2,1-3H3. The molecule has 2 aromatic carbocycles. The summed E-state index contributed by atoms with van der Waals surface area (Å²) in [5.41, 5.74) is 2.24. The summed E-state index contributed by atoms with van der Waals surface area (Å²) in [6.07, 6.45) is 0.368. The van der Waals surface area contributed by atoms with Crippen LogP contribution < -0.4 is 10.4 Å². The van der Waals surface area contributed by atoms with Gasteiger partial charge in [0.2, 0.25) is 0 Å². The number of rotatable bonds is 7. The number of hydrogen-bond acceptors (Lipinski definition) is 5. The molecule has 1 aromatic heterocycles. The lowest BCUT2D eigenvalue weighted by molar-refractivity contribution is -0.143. The highest BCUT2D eigenvalue weighted by atomic mass is 79.9. The van der Waals surface area contributed by atoms with Gasteiger partial charge in [0.15, 0.2) is 0 Å². The lowest BCUT2D eigenvalue weighted by Crippen LogP contribution is -2.14. The molecule has 7 heteroatoms. The first-order valence-electron chi connectivity index (χ1n) is 9.60. The molecule has 0 radical (unpaired) electrons. The van der Waals surface area contributed by atoms with Crippen LogP contribution in [0.5, 0.6) is 5.75 Å². The molecule has 158 valence electrons. The molecule has 0 amide bonds. The third kappa shape index (κ3) is 4.73. The van der Waals surface area contributed by atoms with Crippen molar-refractivity contribution in [1.29, 1.82) is 0 Å². The van der Waals surface area contributed by atoms with Crippen molar-refractivity contribution in [3.05, 3.63) is 73.3 Å². The van der Waals surface area contributed by atoms with Crippen LogP contribution in [0.25, 0.3) is 11.0 Å². The third-order valence-corrected chi connectivity index (χ3v) is 5.43. The zero-order chi connectivity index (χ0) is 21.8. The number of halogens is 2. The smallest absolute Gasteiger partial charge is 0.339 e. The second kappa shape index (κ2) is 9.43. The molecule has 0 aliphatic rings. The van der Waals surface area contributed by atoms with Crippen molar-refractivity contribution in [3.63, 3.8) is 0 Å². The second-order valence-electron chi connectivity index (χ2n) is 6.89. The molecule has 5 nitrogen and oxygen atoms in total. The Morgan fingerprint density at radius 1 is 1.17 bits per heavy atom. The lowest BCUT2D eigenvalue weighted by atomic mass is 10.0. The Labute approximate surface area is 181 Å². The van der Waals surface area contributed by atoms with Crippen LogP contribution in [0.1, 0.15) is 35.6 Å². The van der Waals surface area contributed by atoms with Gasteiger partial charge in [0.25, 0.3) is 0 Å². The highest BCUT2D eigenvalue weighted by Gasteiger charge is 2.17. The maximum absolute atomic E-state index is 14.0. The summed E-state index contributed by atoms with van der Waals surface area (Å²) in [5, 5.41) is 0.771. The van der Waals surface area contributed by atoms with Crippen molar-refractivity contribution in [3.8, 4) is 5.75 Å². The van der Waals surface area contributed by atoms with E-state index in [9.17, 15) is 14.0 Å². The monoisotopic (exact) mass is 476 g/mol. The number of ether oxygens (including phenoxy) is 2. The van der Waals surface area contributed by atoms with Crippen LogP contribution in [0.2, 0.25) is 0 Å². The first-order valence-corrected chi connectivity index (χ1v) is 10.4. The highest BCUT2D eigenvalue weighted by Crippen LogP contribution is 2.30. The molecule has 0 aliphatic heterocycles. The van der Waals surface area contributed by atoms with Gasteiger partial charge in [-0.25, -0.2) is 9.18 Å². The predicted octanol–water partition coefficient (Wildman–Crippen LogP) is 5.39. The van der Waals surface area contributed by atoms with Crippen LogP contribution in [-0.2, 0) is 22.6 Å². The average molecular weight is 477 g/mol. The molecule has 0 saturated heterocycles. The van der Waals surface area contributed by atoms with Crippen LogP contribution >= 0.6 is 15.9 Å². The summed E-state index contributed by atoms with van der Waals surface area (Å²) < 4.78 is 31.0. The molecule has 3 rings (SSSR count). The molecule has 0 aliphatic carbocycles. The number of fused-ring (bicyclic) bond motifs is 1. The number of esters is 1. The molecular formula is C23H22BrFO5. The van der Waals surface area contributed by atoms with Crippen molar-refractivity contribution in [2.24, 2.45) is 0 Å². The van der Waals surface area contributed by atoms with Crippen molar-refractivity contribution in [2.45, 2.75) is 40.2 Å².